The van der Waals surface area contributed by atoms with Crippen LogP contribution in [0.4, 0.5) is 0 Å². The van der Waals surface area contributed by atoms with Crippen molar-refractivity contribution < 1.29 is 9.47 Å². The number of fused-ring (bicyclic) bond motifs is 1. The molecule has 162 valence electrons. The number of ether oxygens (including phenoxy) is 2. The van der Waals surface area contributed by atoms with Crippen LogP contribution in [0.15, 0.2) is 28.6 Å². The standard InChI is InChI=1S/C22H31N5O2S/c1-3-23-22(25-12-18-4-5-20-21(10-18)29-15-28-20)24-11-17-6-8-27(9-7-17)13-19-14-30-16(2)26-19/h4-5,10,14,17H,3,6-9,11-13,15H2,1-2H3,(H2,23,24,25). The number of hydrogen-bond acceptors (Lipinski definition) is 6. The van der Waals surface area contributed by atoms with Crippen LogP contribution in [0.2, 0.25) is 0 Å². The molecule has 1 aromatic heterocycles. The van der Waals surface area contributed by atoms with Crippen molar-refractivity contribution in [3.8, 4) is 11.5 Å². The van der Waals surface area contributed by atoms with Gasteiger partial charge in [0.15, 0.2) is 17.5 Å². The molecule has 0 unspecified atom stereocenters. The Kier molecular flexibility index (Phi) is 7.07. The van der Waals surface area contributed by atoms with E-state index in [4.69, 9.17) is 14.5 Å². The molecule has 3 heterocycles. The summed E-state index contributed by atoms with van der Waals surface area (Å²) >= 11 is 1.74. The van der Waals surface area contributed by atoms with Crippen molar-refractivity contribution in [1.29, 1.82) is 0 Å². The van der Waals surface area contributed by atoms with Crippen molar-refractivity contribution >= 4 is 17.3 Å². The number of aliphatic imine (C=N–C) groups is 1. The second-order valence-corrected chi connectivity index (χ2v) is 8.90. The normalized spacial score (nSPS) is 17.3. The van der Waals surface area contributed by atoms with Crippen LogP contribution in [0.1, 0.15) is 36.0 Å². The first kappa shape index (κ1) is 20.9. The molecule has 1 fully saturated rings. The fourth-order valence-electron chi connectivity index (χ4n) is 3.85. The predicted octanol–water partition coefficient (Wildman–Crippen LogP) is 3.15. The molecule has 0 saturated carbocycles. The number of benzene rings is 1. The summed E-state index contributed by atoms with van der Waals surface area (Å²) in [5.74, 6) is 3.16. The van der Waals surface area contributed by atoms with E-state index in [0.29, 0.717) is 19.3 Å². The van der Waals surface area contributed by atoms with Gasteiger partial charge in [-0.15, -0.1) is 11.3 Å². The Balaban J connectivity index is 1.23. The maximum absolute atomic E-state index is 5.46. The smallest absolute Gasteiger partial charge is 0.231 e. The number of thiazole rings is 1. The third-order valence-electron chi connectivity index (χ3n) is 5.52. The quantitative estimate of drug-likeness (QED) is 0.520. The van der Waals surface area contributed by atoms with Gasteiger partial charge in [0.05, 0.1) is 17.2 Å². The third-order valence-corrected chi connectivity index (χ3v) is 6.34. The summed E-state index contributed by atoms with van der Waals surface area (Å²) in [7, 11) is 0. The van der Waals surface area contributed by atoms with Gasteiger partial charge in [0.1, 0.15) is 0 Å². The third kappa shape index (κ3) is 5.64. The second-order valence-electron chi connectivity index (χ2n) is 7.84. The van der Waals surface area contributed by atoms with Crippen LogP contribution >= 0.6 is 11.3 Å². The van der Waals surface area contributed by atoms with Gasteiger partial charge in [-0.05, 0) is 63.4 Å². The molecule has 2 N–H and O–H groups in total. The van der Waals surface area contributed by atoms with Gasteiger partial charge in [-0.3, -0.25) is 4.90 Å². The molecule has 0 atom stereocenters. The van der Waals surface area contributed by atoms with Crippen molar-refractivity contribution in [1.82, 2.24) is 20.5 Å². The average molecular weight is 430 g/mol. The first-order valence-corrected chi connectivity index (χ1v) is 11.6. The van der Waals surface area contributed by atoms with Crippen LogP contribution in [0.5, 0.6) is 11.5 Å². The fraction of sp³-hybridized carbons (Fsp3) is 0.545. The molecule has 8 heteroatoms. The largest absolute Gasteiger partial charge is 0.454 e. The number of aryl methyl sites for hydroxylation is 1. The number of aromatic nitrogens is 1. The number of guanidine groups is 1. The topological polar surface area (TPSA) is 71.0 Å². The van der Waals surface area contributed by atoms with Gasteiger partial charge in [-0.1, -0.05) is 6.07 Å². The van der Waals surface area contributed by atoms with Gasteiger partial charge in [-0.25, -0.2) is 9.98 Å². The van der Waals surface area contributed by atoms with Crippen LogP contribution in [0.3, 0.4) is 0 Å². The lowest BCUT2D eigenvalue weighted by molar-refractivity contribution is 0.174. The molecule has 2 aliphatic heterocycles. The molecule has 1 saturated heterocycles. The van der Waals surface area contributed by atoms with Crippen LogP contribution in [0, 0.1) is 12.8 Å². The molecule has 0 radical (unpaired) electrons. The van der Waals surface area contributed by atoms with E-state index >= 15 is 0 Å². The minimum absolute atomic E-state index is 0.300. The van der Waals surface area contributed by atoms with Crippen molar-refractivity contribution in [2.24, 2.45) is 10.9 Å². The Morgan fingerprint density at radius 1 is 1.23 bits per heavy atom. The molecular formula is C22H31N5O2S. The van der Waals surface area contributed by atoms with E-state index in [1.54, 1.807) is 11.3 Å². The number of nitrogens with zero attached hydrogens (tertiary/aromatic N) is 3. The van der Waals surface area contributed by atoms with Gasteiger partial charge in [0.2, 0.25) is 6.79 Å². The van der Waals surface area contributed by atoms with E-state index in [9.17, 15) is 0 Å². The number of likely N-dealkylation sites (tertiary alicyclic amines) is 1. The Hall–Kier alpha value is -2.32. The lowest BCUT2D eigenvalue weighted by atomic mass is 9.97. The molecule has 7 nitrogen and oxygen atoms in total. The highest BCUT2D eigenvalue weighted by Gasteiger charge is 2.20. The maximum Gasteiger partial charge on any atom is 0.231 e. The van der Waals surface area contributed by atoms with Crippen molar-refractivity contribution in [2.75, 3.05) is 33.0 Å². The Morgan fingerprint density at radius 2 is 2.07 bits per heavy atom. The SMILES string of the molecule is CCNC(=NCc1ccc2c(c1)OCO2)NCC1CCN(Cc2csc(C)n2)CC1. The van der Waals surface area contributed by atoms with Gasteiger partial charge in [0, 0.05) is 25.0 Å². The van der Waals surface area contributed by atoms with E-state index < -0.39 is 0 Å². The van der Waals surface area contributed by atoms with Crippen molar-refractivity contribution in [3.05, 3.63) is 39.8 Å². The maximum atomic E-state index is 5.46. The van der Waals surface area contributed by atoms with E-state index in [2.05, 4.69) is 39.7 Å². The van der Waals surface area contributed by atoms with E-state index in [0.717, 1.165) is 60.8 Å². The van der Waals surface area contributed by atoms with Crippen molar-refractivity contribution in [3.63, 3.8) is 0 Å². The molecule has 30 heavy (non-hydrogen) atoms. The van der Waals surface area contributed by atoms with E-state index in [1.165, 1.54) is 18.5 Å². The van der Waals surface area contributed by atoms with Crippen LogP contribution < -0.4 is 20.1 Å². The van der Waals surface area contributed by atoms with Crippen LogP contribution in [-0.2, 0) is 13.1 Å². The first-order valence-electron chi connectivity index (χ1n) is 10.7. The van der Waals surface area contributed by atoms with Gasteiger partial charge >= 0.3 is 0 Å². The van der Waals surface area contributed by atoms with E-state index in [1.807, 2.05) is 18.2 Å². The number of piperidine rings is 1. The minimum Gasteiger partial charge on any atom is -0.454 e. The summed E-state index contributed by atoms with van der Waals surface area (Å²) in [6, 6.07) is 6.00. The Morgan fingerprint density at radius 3 is 2.83 bits per heavy atom. The molecular weight excluding hydrogens is 398 g/mol. The first-order chi connectivity index (χ1) is 14.7. The summed E-state index contributed by atoms with van der Waals surface area (Å²) in [5.41, 5.74) is 2.32. The minimum atomic E-state index is 0.300. The number of nitrogens with one attached hydrogen (secondary N) is 2. The van der Waals surface area contributed by atoms with Crippen LogP contribution in [0.25, 0.3) is 0 Å². The second kappa shape index (κ2) is 10.1. The average Bonchev–Trinajstić information content (AvgIpc) is 3.39. The lowest BCUT2D eigenvalue weighted by Gasteiger charge is -2.31. The molecule has 2 aliphatic rings. The lowest BCUT2D eigenvalue weighted by Crippen LogP contribution is -2.42. The zero-order valence-electron chi connectivity index (χ0n) is 17.8. The summed E-state index contributed by atoms with van der Waals surface area (Å²) in [5, 5.41) is 10.2. The summed E-state index contributed by atoms with van der Waals surface area (Å²) < 4.78 is 10.8. The molecule has 4 rings (SSSR count). The Bertz CT molecular complexity index is 861. The zero-order chi connectivity index (χ0) is 20.8. The molecule has 0 spiro atoms. The van der Waals surface area contributed by atoms with Gasteiger partial charge in [-0.2, -0.15) is 0 Å². The fourth-order valence-corrected chi connectivity index (χ4v) is 4.45. The highest BCUT2D eigenvalue weighted by atomic mass is 32.1. The summed E-state index contributed by atoms with van der Waals surface area (Å²) in [6.45, 7) is 10.1. The Labute approximate surface area is 182 Å². The molecule has 0 amide bonds. The zero-order valence-corrected chi connectivity index (χ0v) is 18.6. The van der Waals surface area contributed by atoms with Gasteiger partial charge in [0.25, 0.3) is 0 Å². The number of rotatable bonds is 7. The highest BCUT2D eigenvalue weighted by molar-refractivity contribution is 7.09. The predicted molar refractivity (Wildman–Crippen MR) is 120 cm³/mol. The molecule has 2 aromatic rings. The number of hydrogen-bond donors (Lipinski definition) is 2. The van der Waals surface area contributed by atoms with Gasteiger partial charge < -0.3 is 20.1 Å². The molecule has 0 bridgehead atoms. The molecule has 0 aliphatic carbocycles. The highest BCUT2D eigenvalue weighted by Crippen LogP contribution is 2.32. The molecule has 1 aromatic carbocycles. The summed E-state index contributed by atoms with van der Waals surface area (Å²) in [6.07, 6.45) is 2.41. The van der Waals surface area contributed by atoms with Crippen LogP contribution in [-0.4, -0.2) is 48.8 Å². The summed E-state index contributed by atoms with van der Waals surface area (Å²) in [4.78, 5) is 11.9. The monoisotopic (exact) mass is 429 g/mol. The van der Waals surface area contributed by atoms with E-state index in [-0.39, 0.29) is 0 Å². The van der Waals surface area contributed by atoms with Crippen molar-refractivity contribution in [2.45, 2.75) is 39.8 Å².